The summed E-state index contributed by atoms with van der Waals surface area (Å²) in [4.78, 5) is 14.4. The number of nitrogens with two attached hydrogens (primary N) is 1. The molecule has 1 amide bonds. The highest BCUT2D eigenvalue weighted by Gasteiger charge is 2.33. The normalized spacial score (nSPS) is 19.4. The smallest absolute Gasteiger partial charge is 0.227 e. The van der Waals surface area contributed by atoms with E-state index in [0.29, 0.717) is 6.54 Å². The standard InChI is InChI=1S/C16H24N2O3/c1-11(10-17)16(19)18-8-4-5-14(18)13-9-12(20-2)6-7-15(13)21-3/h6-7,9,11,14H,4-5,8,10,17H2,1-3H3. The van der Waals surface area contributed by atoms with Gasteiger partial charge in [0.25, 0.3) is 0 Å². The molecule has 5 nitrogen and oxygen atoms in total. The summed E-state index contributed by atoms with van der Waals surface area (Å²) in [7, 11) is 3.29. The van der Waals surface area contributed by atoms with Crippen LogP contribution in [0.5, 0.6) is 11.5 Å². The summed E-state index contributed by atoms with van der Waals surface area (Å²) >= 11 is 0. The summed E-state index contributed by atoms with van der Waals surface area (Å²) in [6, 6.07) is 5.76. The second kappa shape index (κ2) is 6.80. The summed E-state index contributed by atoms with van der Waals surface area (Å²) in [5.41, 5.74) is 6.64. The van der Waals surface area contributed by atoms with Crippen molar-refractivity contribution in [3.8, 4) is 11.5 Å². The van der Waals surface area contributed by atoms with Crippen molar-refractivity contribution in [1.82, 2.24) is 4.90 Å². The van der Waals surface area contributed by atoms with E-state index in [1.165, 1.54) is 0 Å². The van der Waals surface area contributed by atoms with Crippen LogP contribution >= 0.6 is 0 Å². The maximum Gasteiger partial charge on any atom is 0.227 e. The third-order valence-electron chi connectivity index (χ3n) is 4.11. The minimum Gasteiger partial charge on any atom is -0.497 e. The molecule has 0 spiro atoms. The number of rotatable bonds is 5. The molecule has 2 rings (SSSR count). The third-order valence-corrected chi connectivity index (χ3v) is 4.11. The molecular weight excluding hydrogens is 268 g/mol. The lowest BCUT2D eigenvalue weighted by molar-refractivity contribution is -0.135. The van der Waals surface area contributed by atoms with E-state index in [4.69, 9.17) is 15.2 Å². The predicted molar refractivity (Wildman–Crippen MR) is 81.5 cm³/mol. The lowest BCUT2D eigenvalue weighted by atomic mass is 10.0. The Kier molecular flexibility index (Phi) is 5.07. The van der Waals surface area contributed by atoms with Gasteiger partial charge in [0.05, 0.1) is 20.3 Å². The molecule has 0 radical (unpaired) electrons. The van der Waals surface area contributed by atoms with E-state index in [2.05, 4.69) is 0 Å². The van der Waals surface area contributed by atoms with Crippen LogP contribution in [0.1, 0.15) is 31.4 Å². The van der Waals surface area contributed by atoms with Crippen molar-refractivity contribution in [2.45, 2.75) is 25.8 Å². The molecule has 0 bridgehead atoms. The molecule has 2 atom stereocenters. The monoisotopic (exact) mass is 292 g/mol. The highest BCUT2D eigenvalue weighted by molar-refractivity contribution is 5.79. The molecule has 0 saturated carbocycles. The highest BCUT2D eigenvalue weighted by atomic mass is 16.5. The van der Waals surface area contributed by atoms with Crippen molar-refractivity contribution in [3.63, 3.8) is 0 Å². The van der Waals surface area contributed by atoms with Crippen LogP contribution in [0.3, 0.4) is 0 Å². The number of hydrogen-bond donors (Lipinski definition) is 1. The van der Waals surface area contributed by atoms with Gasteiger partial charge in [0, 0.05) is 24.6 Å². The number of carbonyl (C=O) groups excluding carboxylic acids is 1. The van der Waals surface area contributed by atoms with E-state index in [0.717, 1.165) is 36.4 Å². The van der Waals surface area contributed by atoms with Gasteiger partial charge < -0.3 is 20.1 Å². The van der Waals surface area contributed by atoms with E-state index in [-0.39, 0.29) is 17.9 Å². The first-order valence-electron chi connectivity index (χ1n) is 7.34. The number of hydrogen-bond acceptors (Lipinski definition) is 4. The summed E-state index contributed by atoms with van der Waals surface area (Å²) in [5, 5.41) is 0. The first kappa shape index (κ1) is 15.6. The largest absolute Gasteiger partial charge is 0.497 e. The molecule has 2 N–H and O–H groups in total. The van der Waals surface area contributed by atoms with E-state index in [1.54, 1.807) is 14.2 Å². The summed E-state index contributed by atoms with van der Waals surface area (Å²) < 4.78 is 10.8. The van der Waals surface area contributed by atoms with Crippen LogP contribution in [0.4, 0.5) is 0 Å². The fourth-order valence-corrected chi connectivity index (χ4v) is 2.84. The zero-order valence-electron chi connectivity index (χ0n) is 13.0. The average Bonchev–Trinajstić information content (AvgIpc) is 3.01. The highest BCUT2D eigenvalue weighted by Crippen LogP contribution is 2.39. The number of amides is 1. The van der Waals surface area contributed by atoms with Gasteiger partial charge in [0.15, 0.2) is 0 Å². The fraction of sp³-hybridized carbons (Fsp3) is 0.562. The third kappa shape index (κ3) is 3.13. The van der Waals surface area contributed by atoms with Crippen LogP contribution < -0.4 is 15.2 Å². The molecule has 1 aliphatic rings. The van der Waals surface area contributed by atoms with Crippen molar-refractivity contribution >= 4 is 5.91 Å². The zero-order valence-corrected chi connectivity index (χ0v) is 13.0. The molecule has 1 aliphatic heterocycles. The molecular formula is C16H24N2O3. The summed E-state index contributed by atoms with van der Waals surface area (Å²) in [5.74, 6) is 1.53. The van der Waals surface area contributed by atoms with Gasteiger partial charge >= 0.3 is 0 Å². The molecule has 0 aliphatic carbocycles. The first-order valence-corrected chi connectivity index (χ1v) is 7.34. The number of ether oxygens (including phenoxy) is 2. The van der Waals surface area contributed by atoms with Crippen molar-refractivity contribution in [2.24, 2.45) is 11.7 Å². The maximum absolute atomic E-state index is 12.5. The van der Waals surface area contributed by atoms with Crippen LogP contribution in [0.25, 0.3) is 0 Å². The molecule has 0 aromatic heterocycles. The van der Waals surface area contributed by atoms with E-state index >= 15 is 0 Å². The van der Waals surface area contributed by atoms with E-state index < -0.39 is 0 Å². The molecule has 1 aromatic carbocycles. The number of methoxy groups -OCH3 is 2. The Labute approximate surface area is 126 Å². The van der Waals surface area contributed by atoms with Gasteiger partial charge in [-0.2, -0.15) is 0 Å². The summed E-state index contributed by atoms with van der Waals surface area (Å²) in [6.07, 6.45) is 1.93. The van der Waals surface area contributed by atoms with Crippen LogP contribution in [0, 0.1) is 5.92 Å². The van der Waals surface area contributed by atoms with E-state index in [1.807, 2.05) is 30.0 Å². The number of carbonyl (C=O) groups is 1. The second-order valence-electron chi connectivity index (χ2n) is 5.43. The number of benzene rings is 1. The Morgan fingerprint density at radius 1 is 1.43 bits per heavy atom. The maximum atomic E-state index is 12.5. The van der Waals surface area contributed by atoms with Crippen molar-refractivity contribution in [3.05, 3.63) is 23.8 Å². The molecule has 5 heteroatoms. The fourth-order valence-electron chi connectivity index (χ4n) is 2.84. The van der Waals surface area contributed by atoms with Gasteiger partial charge in [-0.3, -0.25) is 4.79 Å². The molecule has 1 fully saturated rings. The Morgan fingerprint density at radius 2 is 2.19 bits per heavy atom. The predicted octanol–water partition coefficient (Wildman–Crippen LogP) is 1.96. The number of likely N-dealkylation sites (tertiary alicyclic amines) is 1. The van der Waals surface area contributed by atoms with Gasteiger partial charge in [-0.1, -0.05) is 6.92 Å². The van der Waals surface area contributed by atoms with Crippen molar-refractivity contribution in [1.29, 1.82) is 0 Å². The van der Waals surface area contributed by atoms with Gasteiger partial charge in [0.1, 0.15) is 11.5 Å². The van der Waals surface area contributed by atoms with Crippen molar-refractivity contribution < 1.29 is 14.3 Å². The second-order valence-corrected chi connectivity index (χ2v) is 5.43. The van der Waals surface area contributed by atoms with E-state index in [9.17, 15) is 4.79 Å². The Hall–Kier alpha value is -1.75. The minimum absolute atomic E-state index is 0.0385. The van der Waals surface area contributed by atoms with Gasteiger partial charge in [0.2, 0.25) is 5.91 Å². The SMILES string of the molecule is COc1ccc(OC)c(C2CCCN2C(=O)C(C)CN)c1. The van der Waals surface area contributed by atoms with Crippen molar-refractivity contribution in [2.75, 3.05) is 27.3 Å². The zero-order chi connectivity index (χ0) is 15.4. The Bertz CT molecular complexity index is 504. The Morgan fingerprint density at radius 3 is 2.81 bits per heavy atom. The van der Waals surface area contributed by atoms with Crippen LogP contribution in [-0.4, -0.2) is 38.1 Å². The Balaban J connectivity index is 2.33. The van der Waals surface area contributed by atoms with Crippen LogP contribution in [0.15, 0.2) is 18.2 Å². The molecule has 116 valence electrons. The quantitative estimate of drug-likeness (QED) is 0.901. The molecule has 1 aromatic rings. The molecule has 2 unspecified atom stereocenters. The average molecular weight is 292 g/mol. The van der Waals surface area contributed by atoms with Crippen LogP contribution in [-0.2, 0) is 4.79 Å². The van der Waals surface area contributed by atoms with Gasteiger partial charge in [-0.15, -0.1) is 0 Å². The topological polar surface area (TPSA) is 64.8 Å². The minimum atomic E-state index is -0.151. The summed E-state index contributed by atoms with van der Waals surface area (Å²) in [6.45, 7) is 3.02. The van der Waals surface area contributed by atoms with Crippen LogP contribution in [0.2, 0.25) is 0 Å². The molecule has 1 saturated heterocycles. The molecule has 21 heavy (non-hydrogen) atoms. The lowest BCUT2D eigenvalue weighted by Crippen LogP contribution is -2.37. The molecule has 1 heterocycles. The van der Waals surface area contributed by atoms with Gasteiger partial charge in [-0.25, -0.2) is 0 Å². The van der Waals surface area contributed by atoms with Gasteiger partial charge in [-0.05, 0) is 31.0 Å². The lowest BCUT2D eigenvalue weighted by Gasteiger charge is -2.28. The number of nitrogens with zero attached hydrogens (tertiary/aromatic N) is 1. The first-order chi connectivity index (χ1) is 10.1.